The highest BCUT2D eigenvalue weighted by Crippen LogP contribution is 2.39. The molecular formula is C26H20F2N4O3. The number of rotatable bonds is 5. The zero-order chi connectivity index (χ0) is 24.5. The zero-order valence-corrected chi connectivity index (χ0v) is 18.8. The summed E-state index contributed by atoms with van der Waals surface area (Å²) in [6.45, 7) is 1.74. The summed E-state index contributed by atoms with van der Waals surface area (Å²) in [6, 6.07) is 17.4. The van der Waals surface area contributed by atoms with E-state index in [0.29, 0.717) is 39.7 Å². The number of hydrogen-bond acceptors (Lipinski definition) is 5. The Balaban J connectivity index is 1.62. The summed E-state index contributed by atoms with van der Waals surface area (Å²) in [5, 5.41) is 7.05. The second-order valence-electron chi connectivity index (χ2n) is 7.90. The van der Waals surface area contributed by atoms with Crippen molar-refractivity contribution in [3.8, 4) is 17.1 Å². The van der Waals surface area contributed by atoms with Crippen LogP contribution >= 0.6 is 0 Å². The number of benzene rings is 3. The number of carbonyl (C=O) groups is 1. The van der Waals surface area contributed by atoms with Crippen LogP contribution < -0.4 is 15.0 Å². The number of nitrogens with one attached hydrogen (secondary N) is 1. The highest BCUT2D eigenvalue weighted by Gasteiger charge is 2.36. The van der Waals surface area contributed by atoms with Crippen molar-refractivity contribution in [1.82, 2.24) is 15.5 Å². The molecule has 35 heavy (non-hydrogen) atoms. The lowest BCUT2D eigenvalue weighted by Crippen LogP contribution is -2.46. The molecule has 1 N–H and O–H groups in total. The molecular weight excluding hydrogens is 454 g/mol. The van der Waals surface area contributed by atoms with E-state index in [-0.39, 0.29) is 5.89 Å². The van der Waals surface area contributed by atoms with Crippen LogP contribution in [0.3, 0.4) is 0 Å². The van der Waals surface area contributed by atoms with Gasteiger partial charge in [-0.05, 0) is 73.2 Å². The Morgan fingerprint density at radius 2 is 1.57 bits per heavy atom. The molecule has 1 unspecified atom stereocenters. The van der Waals surface area contributed by atoms with E-state index in [2.05, 4.69) is 15.5 Å². The fourth-order valence-electron chi connectivity index (χ4n) is 4.02. The van der Waals surface area contributed by atoms with Crippen LogP contribution in [0.5, 0.6) is 5.75 Å². The summed E-state index contributed by atoms with van der Waals surface area (Å²) in [5.41, 5.74) is 2.86. The Hall–Kier alpha value is -4.53. The average molecular weight is 474 g/mol. The predicted octanol–water partition coefficient (Wildman–Crippen LogP) is 5.73. The van der Waals surface area contributed by atoms with Crippen LogP contribution in [0.15, 0.2) is 83.0 Å². The average Bonchev–Trinajstić information content (AvgIpc) is 3.35. The van der Waals surface area contributed by atoms with Gasteiger partial charge >= 0.3 is 6.03 Å². The lowest BCUT2D eigenvalue weighted by Gasteiger charge is -2.35. The minimum absolute atomic E-state index is 0.190. The number of halogens is 2. The number of allylic oxidation sites excluding steroid dienone is 1. The normalized spacial score (nSPS) is 15.8. The largest absolute Gasteiger partial charge is 0.497 e. The van der Waals surface area contributed by atoms with Gasteiger partial charge in [-0.25, -0.2) is 13.6 Å². The predicted molar refractivity (Wildman–Crippen MR) is 125 cm³/mol. The number of carbonyl (C=O) groups excluding carboxylic acids is 1. The van der Waals surface area contributed by atoms with Gasteiger partial charge in [0.05, 0.1) is 24.4 Å². The molecule has 3 aromatic carbocycles. The molecule has 9 heteroatoms. The van der Waals surface area contributed by atoms with E-state index in [4.69, 9.17) is 9.26 Å². The van der Waals surface area contributed by atoms with Gasteiger partial charge in [-0.15, -0.1) is 0 Å². The van der Waals surface area contributed by atoms with Crippen molar-refractivity contribution in [2.75, 3.05) is 12.0 Å². The van der Waals surface area contributed by atoms with Crippen molar-refractivity contribution in [1.29, 1.82) is 0 Å². The fraction of sp³-hybridized carbons (Fsp3) is 0.115. The number of aromatic nitrogens is 2. The second kappa shape index (κ2) is 9.02. The van der Waals surface area contributed by atoms with Gasteiger partial charge in [0.1, 0.15) is 17.4 Å². The fourth-order valence-corrected chi connectivity index (χ4v) is 4.02. The maximum atomic E-state index is 13.6. The number of methoxy groups -OCH3 is 1. The van der Waals surface area contributed by atoms with Crippen molar-refractivity contribution in [3.63, 3.8) is 0 Å². The third kappa shape index (κ3) is 4.23. The molecule has 0 aliphatic carbocycles. The molecule has 5 rings (SSSR count). The van der Waals surface area contributed by atoms with Crippen LogP contribution in [0.1, 0.15) is 24.4 Å². The summed E-state index contributed by atoms with van der Waals surface area (Å²) in [5.74, 6) is 0.419. The maximum Gasteiger partial charge on any atom is 0.326 e. The van der Waals surface area contributed by atoms with E-state index in [0.717, 1.165) is 0 Å². The molecule has 0 saturated heterocycles. The first-order chi connectivity index (χ1) is 16.9. The molecule has 1 aromatic heterocycles. The summed E-state index contributed by atoms with van der Waals surface area (Å²) in [4.78, 5) is 19.1. The molecule has 2 amide bonds. The van der Waals surface area contributed by atoms with Crippen molar-refractivity contribution < 1.29 is 22.8 Å². The van der Waals surface area contributed by atoms with E-state index >= 15 is 0 Å². The van der Waals surface area contributed by atoms with Gasteiger partial charge in [-0.3, -0.25) is 4.90 Å². The molecule has 4 aromatic rings. The molecule has 7 nitrogen and oxygen atoms in total. The Morgan fingerprint density at radius 3 is 2.20 bits per heavy atom. The number of ether oxygens (including phenoxy) is 1. The number of amides is 2. The molecule has 1 aliphatic heterocycles. The smallest absolute Gasteiger partial charge is 0.326 e. The van der Waals surface area contributed by atoms with E-state index in [1.165, 1.54) is 41.3 Å². The first-order valence-corrected chi connectivity index (χ1v) is 10.8. The summed E-state index contributed by atoms with van der Waals surface area (Å²) in [7, 11) is 1.58. The van der Waals surface area contributed by atoms with E-state index < -0.39 is 23.7 Å². The van der Waals surface area contributed by atoms with Crippen molar-refractivity contribution in [3.05, 3.63) is 102 Å². The molecule has 0 saturated carbocycles. The topological polar surface area (TPSA) is 80.5 Å². The SMILES string of the molecule is COc1ccc(-c2noc(C3=C(C)N(c4ccc(F)cc4)C(=O)NC3c3ccc(F)cc3)n2)cc1. The van der Waals surface area contributed by atoms with Crippen LogP contribution in [-0.2, 0) is 0 Å². The van der Waals surface area contributed by atoms with Crippen LogP contribution in [-0.4, -0.2) is 23.3 Å². The standard InChI is InChI=1S/C26H20F2N4O3/c1-15-22(25-30-24(31-35-25)17-5-13-21(34-2)14-6-17)23(16-3-7-18(27)8-4-16)29-26(33)32(15)20-11-9-19(28)10-12-20/h3-14,23H,1-2H3,(H,29,33). The van der Waals surface area contributed by atoms with Crippen LogP contribution in [0.2, 0.25) is 0 Å². The maximum absolute atomic E-state index is 13.6. The van der Waals surface area contributed by atoms with Gasteiger partial charge in [0.2, 0.25) is 5.82 Å². The van der Waals surface area contributed by atoms with E-state index in [1.807, 2.05) is 0 Å². The van der Waals surface area contributed by atoms with Crippen LogP contribution in [0.25, 0.3) is 17.0 Å². The Bertz CT molecular complexity index is 1400. The van der Waals surface area contributed by atoms with Gasteiger partial charge in [0.15, 0.2) is 0 Å². The Labute approximate surface area is 199 Å². The summed E-state index contributed by atoms with van der Waals surface area (Å²) < 4.78 is 37.9. The third-order valence-electron chi connectivity index (χ3n) is 5.78. The lowest BCUT2D eigenvalue weighted by atomic mass is 9.94. The minimum Gasteiger partial charge on any atom is -0.497 e. The molecule has 1 aliphatic rings. The Kier molecular flexibility index (Phi) is 5.74. The first-order valence-electron chi connectivity index (χ1n) is 10.8. The number of nitrogens with zero attached hydrogens (tertiary/aromatic N) is 3. The molecule has 0 bridgehead atoms. The zero-order valence-electron chi connectivity index (χ0n) is 18.8. The van der Waals surface area contributed by atoms with Gasteiger partial charge in [0.25, 0.3) is 5.89 Å². The molecule has 0 spiro atoms. The number of hydrogen-bond donors (Lipinski definition) is 1. The minimum atomic E-state index is -0.677. The Morgan fingerprint density at radius 1 is 0.943 bits per heavy atom. The molecule has 0 radical (unpaired) electrons. The summed E-state index contributed by atoms with van der Waals surface area (Å²) >= 11 is 0. The quantitative estimate of drug-likeness (QED) is 0.400. The number of urea groups is 1. The molecule has 176 valence electrons. The summed E-state index contributed by atoms with van der Waals surface area (Å²) in [6.07, 6.45) is 0. The van der Waals surface area contributed by atoms with Gasteiger partial charge in [-0.1, -0.05) is 17.3 Å². The van der Waals surface area contributed by atoms with Gasteiger partial charge in [-0.2, -0.15) is 4.98 Å². The third-order valence-corrected chi connectivity index (χ3v) is 5.78. The van der Waals surface area contributed by atoms with Crippen LogP contribution in [0.4, 0.5) is 19.3 Å². The number of anilines is 1. The highest BCUT2D eigenvalue weighted by atomic mass is 19.1. The molecule has 1 atom stereocenters. The molecule has 2 heterocycles. The first kappa shape index (κ1) is 22.3. The lowest BCUT2D eigenvalue weighted by molar-refractivity contribution is 0.244. The van der Waals surface area contributed by atoms with Crippen molar-refractivity contribution in [2.24, 2.45) is 0 Å². The van der Waals surface area contributed by atoms with Crippen molar-refractivity contribution in [2.45, 2.75) is 13.0 Å². The van der Waals surface area contributed by atoms with Gasteiger partial charge < -0.3 is 14.6 Å². The van der Waals surface area contributed by atoms with Crippen LogP contribution in [0, 0.1) is 11.6 Å². The van der Waals surface area contributed by atoms with E-state index in [9.17, 15) is 13.6 Å². The second-order valence-corrected chi connectivity index (χ2v) is 7.90. The molecule has 0 fully saturated rings. The van der Waals surface area contributed by atoms with Crippen molar-refractivity contribution >= 4 is 17.3 Å². The highest BCUT2D eigenvalue weighted by molar-refractivity contribution is 6.01. The van der Waals surface area contributed by atoms with Gasteiger partial charge in [0, 0.05) is 11.3 Å². The van der Waals surface area contributed by atoms with E-state index in [1.54, 1.807) is 50.4 Å². The monoisotopic (exact) mass is 474 g/mol.